The standard InChI is InChI=1S/C21H16FN3OS2/c22-20-15(23-18(26)11-13-5-3-9-27-13)8-7-14-19(20)21(25-24-14)17-10-12-4-1-2-6-16(12)28-17/h1-10,21,24-25H,11H2,(H,23,26). The SMILES string of the molecule is O=C(Cc1cccs1)Nc1ccc2c(c1F)C(c1cc3ccccc3s1)NN2. The number of hydrazine groups is 1. The Morgan fingerprint density at radius 2 is 2.04 bits per heavy atom. The molecular formula is C21H16FN3OS2. The van der Waals surface area contributed by atoms with E-state index in [4.69, 9.17) is 0 Å². The lowest BCUT2D eigenvalue weighted by Crippen LogP contribution is -2.19. The number of rotatable bonds is 4. The zero-order chi connectivity index (χ0) is 19.1. The Labute approximate surface area is 169 Å². The monoisotopic (exact) mass is 409 g/mol. The van der Waals surface area contributed by atoms with E-state index in [1.807, 2.05) is 29.6 Å². The molecule has 7 heteroatoms. The molecule has 0 saturated heterocycles. The van der Waals surface area contributed by atoms with E-state index in [1.54, 1.807) is 23.5 Å². The molecule has 0 bridgehead atoms. The summed E-state index contributed by atoms with van der Waals surface area (Å²) in [5, 5.41) is 5.78. The van der Waals surface area contributed by atoms with Crippen LogP contribution in [0.4, 0.5) is 15.8 Å². The highest BCUT2D eigenvalue weighted by molar-refractivity contribution is 7.19. The van der Waals surface area contributed by atoms with Crippen LogP contribution in [0.15, 0.2) is 60.0 Å². The summed E-state index contributed by atoms with van der Waals surface area (Å²) in [4.78, 5) is 14.3. The van der Waals surface area contributed by atoms with Gasteiger partial charge in [-0.1, -0.05) is 24.3 Å². The molecule has 1 aliphatic rings. The van der Waals surface area contributed by atoms with Crippen molar-refractivity contribution in [3.63, 3.8) is 0 Å². The number of amides is 1. The highest BCUT2D eigenvalue weighted by Crippen LogP contribution is 2.41. The summed E-state index contributed by atoms with van der Waals surface area (Å²) in [5.41, 5.74) is 7.65. The van der Waals surface area contributed by atoms with E-state index in [1.165, 1.54) is 11.3 Å². The van der Waals surface area contributed by atoms with Crippen molar-refractivity contribution in [1.29, 1.82) is 0 Å². The lowest BCUT2D eigenvalue weighted by Gasteiger charge is -2.12. The zero-order valence-corrected chi connectivity index (χ0v) is 16.3. The van der Waals surface area contributed by atoms with Gasteiger partial charge in [0.05, 0.1) is 23.8 Å². The van der Waals surface area contributed by atoms with Crippen molar-refractivity contribution in [2.75, 3.05) is 10.7 Å². The van der Waals surface area contributed by atoms with Crippen LogP contribution in [0.2, 0.25) is 0 Å². The van der Waals surface area contributed by atoms with E-state index in [0.29, 0.717) is 11.3 Å². The molecule has 0 saturated carbocycles. The molecule has 0 radical (unpaired) electrons. The maximum Gasteiger partial charge on any atom is 0.229 e. The van der Waals surface area contributed by atoms with Gasteiger partial charge in [0.15, 0.2) is 5.82 Å². The molecule has 3 N–H and O–H groups in total. The van der Waals surface area contributed by atoms with E-state index in [-0.39, 0.29) is 24.1 Å². The summed E-state index contributed by atoms with van der Waals surface area (Å²) in [6, 6.07) is 17.1. The molecule has 2 aromatic heterocycles. The number of carbonyl (C=O) groups excluding carboxylic acids is 1. The van der Waals surface area contributed by atoms with Gasteiger partial charge in [0.2, 0.25) is 5.91 Å². The summed E-state index contributed by atoms with van der Waals surface area (Å²) < 4.78 is 16.5. The van der Waals surface area contributed by atoms with Crippen molar-refractivity contribution in [3.05, 3.63) is 81.1 Å². The second kappa shape index (κ2) is 7.01. The first-order valence-electron chi connectivity index (χ1n) is 8.84. The normalized spacial score (nSPS) is 15.4. The summed E-state index contributed by atoms with van der Waals surface area (Å²) in [5.74, 6) is -0.629. The molecule has 1 atom stereocenters. The first-order chi connectivity index (χ1) is 13.7. The number of hydrogen-bond acceptors (Lipinski definition) is 5. The van der Waals surface area contributed by atoms with Crippen LogP contribution in [0.5, 0.6) is 0 Å². The molecule has 2 aromatic carbocycles. The van der Waals surface area contributed by atoms with Crippen LogP contribution in [-0.2, 0) is 11.2 Å². The highest BCUT2D eigenvalue weighted by atomic mass is 32.1. The summed E-state index contributed by atoms with van der Waals surface area (Å²) in [6.45, 7) is 0. The second-order valence-corrected chi connectivity index (χ2v) is 8.73. The van der Waals surface area contributed by atoms with Gasteiger partial charge in [-0.3, -0.25) is 4.79 Å². The number of fused-ring (bicyclic) bond motifs is 2. The molecule has 0 spiro atoms. The number of carbonyl (C=O) groups is 1. The lowest BCUT2D eigenvalue weighted by molar-refractivity contribution is -0.115. The molecule has 4 nitrogen and oxygen atoms in total. The van der Waals surface area contributed by atoms with E-state index < -0.39 is 5.82 Å². The van der Waals surface area contributed by atoms with Gasteiger partial charge in [-0.2, -0.15) is 0 Å². The average Bonchev–Trinajstić information content (AvgIpc) is 3.42. The predicted octanol–water partition coefficient (Wildman–Crippen LogP) is 5.30. The maximum atomic E-state index is 15.3. The third-order valence-electron chi connectivity index (χ3n) is 4.74. The molecule has 3 heterocycles. The minimum absolute atomic E-state index is 0.205. The summed E-state index contributed by atoms with van der Waals surface area (Å²) in [6.07, 6.45) is 0.241. The Bertz CT molecular complexity index is 1140. The van der Waals surface area contributed by atoms with Gasteiger partial charge < -0.3 is 10.7 Å². The van der Waals surface area contributed by atoms with Crippen molar-refractivity contribution in [2.24, 2.45) is 0 Å². The van der Waals surface area contributed by atoms with Crippen molar-refractivity contribution < 1.29 is 9.18 Å². The van der Waals surface area contributed by atoms with Crippen LogP contribution in [0.3, 0.4) is 0 Å². The Hall–Kier alpha value is -2.74. The number of thiophene rings is 2. The van der Waals surface area contributed by atoms with E-state index in [2.05, 4.69) is 34.4 Å². The fourth-order valence-corrected chi connectivity index (χ4v) is 5.26. The van der Waals surface area contributed by atoms with Crippen LogP contribution < -0.4 is 16.2 Å². The van der Waals surface area contributed by atoms with Crippen LogP contribution in [0.25, 0.3) is 10.1 Å². The molecule has 1 amide bonds. The van der Waals surface area contributed by atoms with Crippen LogP contribution in [-0.4, -0.2) is 5.91 Å². The van der Waals surface area contributed by atoms with Crippen molar-refractivity contribution in [3.8, 4) is 0 Å². The molecule has 1 unspecified atom stereocenters. The molecular weight excluding hydrogens is 393 g/mol. The number of anilines is 2. The van der Waals surface area contributed by atoms with Crippen molar-refractivity contribution >= 4 is 50.0 Å². The number of hydrogen-bond donors (Lipinski definition) is 3. The minimum atomic E-state index is -0.406. The minimum Gasteiger partial charge on any atom is -0.323 e. The molecule has 1 aliphatic heterocycles. The van der Waals surface area contributed by atoms with Gasteiger partial charge in [0.1, 0.15) is 0 Å². The highest BCUT2D eigenvalue weighted by Gasteiger charge is 2.30. The third kappa shape index (κ3) is 3.07. The Balaban J connectivity index is 1.45. The number of benzene rings is 2. The van der Waals surface area contributed by atoms with Gasteiger partial charge in [0.25, 0.3) is 0 Å². The van der Waals surface area contributed by atoms with Gasteiger partial charge in [-0.25, -0.2) is 9.82 Å². The van der Waals surface area contributed by atoms with Crippen LogP contribution >= 0.6 is 22.7 Å². The first-order valence-corrected chi connectivity index (χ1v) is 10.5. The maximum absolute atomic E-state index is 15.3. The molecule has 4 aromatic rings. The third-order valence-corrected chi connectivity index (χ3v) is 6.80. The largest absolute Gasteiger partial charge is 0.323 e. The Morgan fingerprint density at radius 1 is 1.14 bits per heavy atom. The summed E-state index contributed by atoms with van der Waals surface area (Å²) in [7, 11) is 0. The topological polar surface area (TPSA) is 53.2 Å². The smallest absolute Gasteiger partial charge is 0.229 e. The lowest BCUT2D eigenvalue weighted by atomic mass is 10.0. The number of nitrogens with one attached hydrogen (secondary N) is 3. The first kappa shape index (κ1) is 17.4. The molecule has 0 fully saturated rings. The fraction of sp³-hybridized carbons (Fsp3) is 0.0952. The van der Waals surface area contributed by atoms with Crippen LogP contribution in [0, 0.1) is 5.82 Å². The Kier molecular flexibility index (Phi) is 4.35. The Morgan fingerprint density at radius 3 is 2.86 bits per heavy atom. The van der Waals surface area contributed by atoms with E-state index in [9.17, 15) is 4.79 Å². The average molecular weight is 410 g/mol. The van der Waals surface area contributed by atoms with Crippen LogP contribution in [0.1, 0.15) is 21.4 Å². The molecule has 28 heavy (non-hydrogen) atoms. The fourth-order valence-electron chi connectivity index (χ4n) is 3.43. The van der Waals surface area contributed by atoms with Gasteiger partial charge in [0, 0.05) is 20.0 Å². The van der Waals surface area contributed by atoms with Gasteiger partial charge in [-0.05, 0) is 41.1 Å². The predicted molar refractivity (Wildman–Crippen MR) is 113 cm³/mol. The zero-order valence-electron chi connectivity index (χ0n) is 14.7. The van der Waals surface area contributed by atoms with Crippen molar-refractivity contribution in [2.45, 2.75) is 12.5 Å². The second-order valence-electron chi connectivity index (χ2n) is 6.58. The quantitative estimate of drug-likeness (QED) is 0.429. The van der Waals surface area contributed by atoms with Gasteiger partial charge in [-0.15, -0.1) is 22.7 Å². The van der Waals surface area contributed by atoms with Gasteiger partial charge >= 0.3 is 0 Å². The van der Waals surface area contributed by atoms with E-state index >= 15 is 4.39 Å². The van der Waals surface area contributed by atoms with Crippen molar-refractivity contribution in [1.82, 2.24) is 5.43 Å². The van der Waals surface area contributed by atoms with E-state index in [0.717, 1.165) is 19.8 Å². The molecule has 140 valence electrons. The summed E-state index contributed by atoms with van der Waals surface area (Å²) >= 11 is 3.15. The molecule has 0 aliphatic carbocycles. The molecule has 5 rings (SSSR count). The number of halogens is 1.